The summed E-state index contributed by atoms with van der Waals surface area (Å²) in [5, 5.41) is 2.31. The van der Waals surface area contributed by atoms with E-state index in [0.717, 1.165) is 24.6 Å². The lowest BCUT2D eigenvalue weighted by Crippen LogP contribution is -2.52. The monoisotopic (exact) mass is 438 g/mol. The predicted octanol–water partition coefficient (Wildman–Crippen LogP) is 2.03. The first-order valence-corrected chi connectivity index (χ1v) is 10.3. The third kappa shape index (κ3) is 7.11. The van der Waals surface area contributed by atoms with Crippen molar-refractivity contribution in [1.82, 2.24) is 10.2 Å². The summed E-state index contributed by atoms with van der Waals surface area (Å²) in [6.45, 7) is 1.06. The average molecular weight is 438 g/mol. The van der Waals surface area contributed by atoms with Crippen LogP contribution in [0.1, 0.15) is 36.8 Å². The van der Waals surface area contributed by atoms with Crippen molar-refractivity contribution >= 4 is 19.6 Å². The number of amides is 2. The van der Waals surface area contributed by atoms with Crippen LogP contribution in [0.3, 0.4) is 0 Å². The second-order valence-electron chi connectivity index (χ2n) is 6.76. The van der Waals surface area contributed by atoms with E-state index in [1.54, 1.807) is 0 Å². The molecule has 0 radical (unpaired) electrons. The summed E-state index contributed by atoms with van der Waals surface area (Å²) < 4.78 is 53.2. The number of hydrogen-bond donors (Lipinski definition) is 3. The molecule has 1 fully saturated rings. The van der Waals surface area contributed by atoms with Gasteiger partial charge in [-0.15, -0.1) is 0 Å². The maximum Gasteiger partial charge on any atom is 0.469 e. The average Bonchev–Trinajstić information content (AvgIpc) is 2.63. The Bertz CT molecular complexity index is 772. The highest BCUT2D eigenvalue weighted by Gasteiger charge is 2.32. The number of alkyl halides is 3. The minimum atomic E-state index is -4.81. The summed E-state index contributed by atoms with van der Waals surface area (Å²) >= 11 is 0. The number of carbonyl (C=O) groups is 2. The molecule has 1 saturated heterocycles. The summed E-state index contributed by atoms with van der Waals surface area (Å²) in [6, 6.07) is 3.67. The molecule has 162 valence electrons. The molecule has 1 atom stereocenters. The largest absolute Gasteiger partial charge is 0.469 e. The summed E-state index contributed by atoms with van der Waals surface area (Å²) in [4.78, 5) is 42.9. The first kappa shape index (κ1) is 23.3. The van der Waals surface area contributed by atoms with Crippen LogP contribution < -0.4 is 5.32 Å². The summed E-state index contributed by atoms with van der Waals surface area (Å²) in [7, 11) is -4.81. The van der Waals surface area contributed by atoms with Gasteiger partial charge in [-0.3, -0.25) is 14.1 Å². The fourth-order valence-corrected chi connectivity index (χ4v) is 3.53. The van der Waals surface area contributed by atoms with Crippen LogP contribution in [-0.2, 0) is 24.9 Å². The van der Waals surface area contributed by atoms with Crippen molar-refractivity contribution in [2.45, 2.75) is 37.9 Å². The van der Waals surface area contributed by atoms with Crippen LogP contribution in [-0.4, -0.2) is 52.2 Å². The van der Waals surface area contributed by atoms with Crippen LogP contribution in [0.2, 0.25) is 0 Å². The fraction of sp³-hybridized carbons (Fsp3) is 0.529. The Morgan fingerprint density at radius 1 is 1.24 bits per heavy atom. The SMILES string of the molecule is CC(=O)N[C@@H](COP(=O)(O)O)C(=O)N1CCC(c2ccc(C(F)(F)F)cc2)CC1. The zero-order valence-electron chi connectivity index (χ0n) is 15.6. The highest BCUT2D eigenvalue weighted by Crippen LogP contribution is 2.36. The lowest BCUT2D eigenvalue weighted by Gasteiger charge is -2.34. The minimum absolute atomic E-state index is 0.0214. The summed E-state index contributed by atoms with van der Waals surface area (Å²) in [5.74, 6) is -1.12. The van der Waals surface area contributed by atoms with Crippen molar-refractivity contribution in [3.63, 3.8) is 0 Å². The molecular formula is C17H22F3N2O6P. The molecule has 1 aromatic rings. The van der Waals surface area contributed by atoms with Gasteiger partial charge in [-0.05, 0) is 36.5 Å². The Labute approximate surface area is 165 Å². The zero-order chi connectivity index (χ0) is 21.8. The van der Waals surface area contributed by atoms with Crippen LogP contribution in [0.15, 0.2) is 24.3 Å². The van der Waals surface area contributed by atoms with E-state index in [0.29, 0.717) is 12.8 Å². The molecule has 1 aromatic carbocycles. The molecule has 2 rings (SSSR count). The van der Waals surface area contributed by atoms with Gasteiger partial charge in [0, 0.05) is 20.0 Å². The second-order valence-corrected chi connectivity index (χ2v) is 8.00. The van der Waals surface area contributed by atoms with Gasteiger partial charge in [0.05, 0.1) is 12.2 Å². The Hall–Kier alpha value is -1.94. The van der Waals surface area contributed by atoms with Gasteiger partial charge in [-0.1, -0.05) is 12.1 Å². The Balaban J connectivity index is 1.97. The predicted molar refractivity (Wildman–Crippen MR) is 95.6 cm³/mol. The van der Waals surface area contributed by atoms with Crippen LogP contribution in [0, 0.1) is 0 Å². The lowest BCUT2D eigenvalue weighted by molar-refractivity contribution is -0.138. The molecule has 8 nitrogen and oxygen atoms in total. The molecule has 1 aliphatic heterocycles. The third-order valence-electron chi connectivity index (χ3n) is 4.60. The van der Waals surface area contributed by atoms with Gasteiger partial charge in [0.15, 0.2) is 0 Å². The molecule has 3 N–H and O–H groups in total. The van der Waals surface area contributed by atoms with Gasteiger partial charge in [-0.25, -0.2) is 4.57 Å². The molecular weight excluding hydrogens is 416 g/mol. The minimum Gasteiger partial charge on any atom is -0.343 e. The van der Waals surface area contributed by atoms with Crippen molar-refractivity contribution in [2.24, 2.45) is 0 Å². The van der Waals surface area contributed by atoms with Crippen molar-refractivity contribution < 1.29 is 41.6 Å². The molecule has 0 bridgehead atoms. The van der Waals surface area contributed by atoms with Crippen LogP contribution >= 0.6 is 7.82 Å². The van der Waals surface area contributed by atoms with E-state index >= 15 is 0 Å². The van der Waals surface area contributed by atoms with Gasteiger partial charge >= 0.3 is 14.0 Å². The van der Waals surface area contributed by atoms with Gasteiger partial charge in [-0.2, -0.15) is 13.2 Å². The number of rotatable bonds is 6. The van der Waals surface area contributed by atoms with E-state index < -0.39 is 44.0 Å². The highest BCUT2D eigenvalue weighted by atomic mass is 31.2. The maximum absolute atomic E-state index is 12.7. The number of nitrogens with one attached hydrogen (secondary N) is 1. The zero-order valence-corrected chi connectivity index (χ0v) is 16.4. The van der Waals surface area contributed by atoms with Crippen molar-refractivity contribution in [2.75, 3.05) is 19.7 Å². The Kier molecular flexibility index (Phi) is 7.45. The molecule has 0 spiro atoms. The van der Waals surface area contributed by atoms with E-state index in [9.17, 15) is 27.3 Å². The molecule has 0 unspecified atom stereocenters. The number of hydrogen-bond acceptors (Lipinski definition) is 4. The maximum atomic E-state index is 12.7. The lowest BCUT2D eigenvalue weighted by atomic mass is 9.88. The number of benzene rings is 1. The summed E-state index contributed by atoms with van der Waals surface area (Å²) in [5.41, 5.74) is 0.0189. The van der Waals surface area contributed by atoms with Crippen molar-refractivity contribution in [1.29, 1.82) is 0 Å². The third-order valence-corrected chi connectivity index (χ3v) is 5.09. The first-order chi connectivity index (χ1) is 13.4. The van der Waals surface area contributed by atoms with E-state index in [-0.39, 0.29) is 19.0 Å². The Morgan fingerprint density at radius 3 is 2.24 bits per heavy atom. The first-order valence-electron chi connectivity index (χ1n) is 8.80. The number of phosphoric ester groups is 1. The number of likely N-dealkylation sites (tertiary alicyclic amines) is 1. The molecule has 1 aliphatic rings. The van der Waals surface area contributed by atoms with E-state index in [4.69, 9.17) is 9.79 Å². The molecule has 2 amide bonds. The number of nitrogens with zero attached hydrogens (tertiary/aromatic N) is 1. The fourth-order valence-electron chi connectivity index (χ4n) is 3.19. The topological polar surface area (TPSA) is 116 Å². The normalized spacial score (nSPS) is 17.1. The molecule has 0 aromatic heterocycles. The van der Waals surface area contributed by atoms with Gasteiger partial charge in [0.2, 0.25) is 11.8 Å². The standard InChI is InChI=1S/C17H22F3N2O6P/c1-11(23)21-15(10-28-29(25,26)27)16(24)22-8-6-13(7-9-22)12-2-4-14(5-3-12)17(18,19)20/h2-5,13,15H,6-10H2,1H3,(H,21,23)(H2,25,26,27)/t15-/m0/s1. The van der Waals surface area contributed by atoms with Gasteiger partial charge in [0.25, 0.3) is 0 Å². The number of piperidine rings is 1. The van der Waals surface area contributed by atoms with Crippen LogP contribution in [0.25, 0.3) is 0 Å². The van der Waals surface area contributed by atoms with E-state index in [1.807, 2.05) is 0 Å². The van der Waals surface area contributed by atoms with Crippen molar-refractivity contribution in [3.05, 3.63) is 35.4 Å². The van der Waals surface area contributed by atoms with Crippen LogP contribution in [0.5, 0.6) is 0 Å². The molecule has 0 aliphatic carbocycles. The van der Waals surface area contributed by atoms with Crippen molar-refractivity contribution in [3.8, 4) is 0 Å². The number of carbonyl (C=O) groups excluding carboxylic acids is 2. The Morgan fingerprint density at radius 2 is 1.79 bits per heavy atom. The summed E-state index contributed by atoms with van der Waals surface area (Å²) in [6.07, 6.45) is -3.39. The quantitative estimate of drug-likeness (QED) is 0.586. The molecule has 29 heavy (non-hydrogen) atoms. The van der Waals surface area contributed by atoms with E-state index in [1.165, 1.54) is 17.0 Å². The van der Waals surface area contributed by atoms with Gasteiger partial charge < -0.3 is 20.0 Å². The smallest absolute Gasteiger partial charge is 0.343 e. The number of phosphoric acid groups is 1. The van der Waals surface area contributed by atoms with Gasteiger partial charge in [0.1, 0.15) is 6.04 Å². The molecule has 1 heterocycles. The molecule has 0 saturated carbocycles. The number of halogens is 3. The second kappa shape index (κ2) is 9.25. The highest BCUT2D eigenvalue weighted by molar-refractivity contribution is 7.46. The van der Waals surface area contributed by atoms with E-state index in [2.05, 4.69) is 9.84 Å². The molecule has 12 heteroatoms. The van der Waals surface area contributed by atoms with Crippen LogP contribution in [0.4, 0.5) is 13.2 Å².